The second kappa shape index (κ2) is 8.58. The van der Waals surface area contributed by atoms with Crippen LogP contribution in [0.1, 0.15) is 15.9 Å². The van der Waals surface area contributed by atoms with Gasteiger partial charge in [0.15, 0.2) is 0 Å². The maximum atomic E-state index is 12.0. The molecule has 4 nitrogen and oxygen atoms in total. The number of benzene rings is 2. The molecule has 0 spiro atoms. The van der Waals surface area contributed by atoms with Crippen LogP contribution in [0.15, 0.2) is 36.4 Å². The van der Waals surface area contributed by atoms with Gasteiger partial charge in [0.1, 0.15) is 13.2 Å². The van der Waals surface area contributed by atoms with Crippen LogP contribution in [0.5, 0.6) is 0 Å². The fraction of sp³-hybridized carbons (Fsp3) is 0.125. The lowest BCUT2D eigenvalue weighted by atomic mass is 10.2. The van der Waals surface area contributed by atoms with E-state index in [4.69, 9.17) is 51.1 Å². The predicted octanol–water partition coefficient (Wildman–Crippen LogP) is 4.77. The van der Waals surface area contributed by atoms with Gasteiger partial charge in [-0.15, -0.1) is 0 Å². The molecule has 0 aliphatic heterocycles. The molecule has 2 aromatic carbocycles. The summed E-state index contributed by atoms with van der Waals surface area (Å²) in [5, 5.41) is 3.83. The smallest absolute Gasteiger partial charge is 0.325 e. The normalized spacial score (nSPS) is 10.3. The molecule has 8 heteroatoms. The molecule has 0 saturated carbocycles. The lowest BCUT2D eigenvalue weighted by Crippen LogP contribution is -2.30. The highest BCUT2D eigenvalue weighted by Crippen LogP contribution is 2.23. The van der Waals surface area contributed by atoms with Gasteiger partial charge in [-0.1, -0.05) is 52.5 Å². The number of hydrogen-bond acceptors (Lipinski definition) is 3. The van der Waals surface area contributed by atoms with E-state index in [-0.39, 0.29) is 23.7 Å². The van der Waals surface area contributed by atoms with Crippen LogP contribution in [0, 0.1) is 0 Å². The van der Waals surface area contributed by atoms with Crippen LogP contribution in [0.2, 0.25) is 20.1 Å². The number of ether oxygens (including phenoxy) is 1. The topological polar surface area (TPSA) is 55.4 Å². The molecular weight excluding hydrogens is 396 g/mol. The third-order valence-electron chi connectivity index (χ3n) is 2.95. The molecule has 1 amide bonds. The summed E-state index contributed by atoms with van der Waals surface area (Å²) in [6.07, 6.45) is 0. The van der Waals surface area contributed by atoms with E-state index in [0.717, 1.165) is 0 Å². The minimum Gasteiger partial charge on any atom is -0.460 e. The first-order valence-corrected chi connectivity index (χ1v) is 8.21. The summed E-state index contributed by atoms with van der Waals surface area (Å²) >= 11 is 23.4. The van der Waals surface area contributed by atoms with Crippen molar-refractivity contribution in [2.75, 3.05) is 6.54 Å². The Labute approximate surface area is 158 Å². The van der Waals surface area contributed by atoms with Crippen LogP contribution in [-0.4, -0.2) is 18.4 Å². The van der Waals surface area contributed by atoms with Gasteiger partial charge in [-0.25, -0.2) is 0 Å². The number of hydrogen-bond donors (Lipinski definition) is 1. The van der Waals surface area contributed by atoms with Crippen LogP contribution in [0.25, 0.3) is 0 Å². The highest BCUT2D eigenvalue weighted by molar-refractivity contribution is 6.42. The van der Waals surface area contributed by atoms with Crippen molar-refractivity contribution in [2.24, 2.45) is 0 Å². The number of nitrogens with one attached hydrogen (secondary N) is 1. The summed E-state index contributed by atoms with van der Waals surface area (Å²) in [6.45, 7) is -0.271. The van der Waals surface area contributed by atoms with Gasteiger partial charge in [-0.2, -0.15) is 0 Å². The van der Waals surface area contributed by atoms with Gasteiger partial charge in [0.05, 0.1) is 20.6 Å². The number of rotatable bonds is 5. The fourth-order valence-electron chi connectivity index (χ4n) is 1.77. The number of esters is 1. The first-order valence-electron chi connectivity index (χ1n) is 6.69. The minimum atomic E-state index is -0.598. The van der Waals surface area contributed by atoms with Gasteiger partial charge in [0.25, 0.3) is 5.91 Å². The molecule has 0 heterocycles. The van der Waals surface area contributed by atoms with Crippen molar-refractivity contribution in [3.8, 4) is 0 Å². The largest absolute Gasteiger partial charge is 0.460 e. The molecule has 1 N–H and O–H groups in total. The second-order valence-electron chi connectivity index (χ2n) is 4.72. The molecule has 24 heavy (non-hydrogen) atoms. The Kier molecular flexibility index (Phi) is 6.75. The molecular formula is C16H11Cl4NO3. The number of halogens is 4. The summed E-state index contributed by atoms with van der Waals surface area (Å²) in [7, 11) is 0. The maximum Gasteiger partial charge on any atom is 0.325 e. The Bertz CT molecular complexity index is 780. The molecule has 0 unspecified atom stereocenters. The number of amides is 1. The maximum absolute atomic E-state index is 12.0. The SMILES string of the molecule is O=C(CNC(=O)c1ccc(Cl)cc1Cl)OCc1ccc(Cl)c(Cl)c1. The van der Waals surface area contributed by atoms with E-state index in [9.17, 15) is 9.59 Å². The summed E-state index contributed by atoms with van der Waals surface area (Å²) < 4.78 is 5.05. The molecule has 0 fully saturated rings. The van der Waals surface area contributed by atoms with E-state index < -0.39 is 11.9 Å². The van der Waals surface area contributed by atoms with Crippen LogP contribution >= 0.6 is 46.4 Å². The number of carbonyl (C=O) groups excluding carboxylic acids is 2. The Morgan fingerprint density at radius 3 is 2.33 bits per heavy atom. The lowest BCUT2D eigenvalue weighted by molar-refractivity contribution is -0.143. The van der Waals surface area contributed by atoms with E-state index in [1.165, 1.54) is 18.2 Å². The monoisotopic (exact) mass is 405 g/mol. The summed E-state index contributed by atoms with van der Waals surface area (Å²) in [4.78, 5) is 23.7. The van der Waals surface area contributed by atoms with E-state index in [1.54, 1.807) is 18.2 Å². The van der Waals surface area contributed by atoms with E-state index in [1.807, 2.05) is 0 Å². The van der Waals surface area contributed by atoms with E-state index >= 15 is 0 Å². The van der Waals surface area contributed by atoms with Crippen LogP contribution in [0.3, 0.4) is 0 Å². The first-order chi connectivity index (χ1) is 11.4. The Morgan fingerprint density at radius 1 is 0.917 bits per heavy atom. The molecule has 126 valence electrons. The van der Waals surface area contributed by atoms with Crippen molar-refractivity contribution in [1.82, 2.24) is 5.32 Å². The van der Waals surface area contributed by atoms with Crippen molar-refractivity contribution in [3.63, 3.8) is 0 Å². The van der Waals surface area contributed by atoms with Crippen molar-refractivity contribution in [1.29, 1.82) is 0 Å². The quantitative estimate of drug-likeness (QED) is 0.727. The van der Waals surface area contributed by atoms with Gasteiger partial charge in [-0.05, 0) is 35.9 Å². The number of carbonyl (C=O) groups is 2. The molecule has 2 rings (SSSR count). The molecule has 0 saturated heterocycles. The first kappa shape index (κ1) is 18.9. The zero-order valence-corrected chi connectivity index (χ0v) is 15.1. The van der Waals surface area contributed by atoms with Crippen molar-refractivity contribution < 1.29 is 14.3 Å². The molecule has 0 radical (unpaired) electrons. The van der Waals surface area contributed by atoms with E-state index in [0.29, 0.717) is 20.6 Å². The Balaban J connectivity index is 1.84. The molecule has 2 aromatic rings. The van der Waals surface area contributed by atoms with Crippen molar-refractivity contribution in [2.45, 2.75) is 6.61 Å². The fourth-order valence-corrected chi connectivity index (χ4v) is 2.58. The third-order valence-corrected chi connectivity index (χ3v) is 4.24. The van der Waals surface area contributed by atoms with Gasteiger partial charge in [-0.3, -0.25) is 9.59 Å². The molecule has 0 bridgehead atoms. The second-order valence-corrected chi connectivity index (χ2v) is 6.37. The highest BCUT2D eigenvalue weighted by atomic mass is 35.5. The summed E-state index contributed by atoms with van der Waals surface area (Å²) in [5.41, 5.74) is 0.906. The van der Waals surface area contributed by atoms with Gasteiger partial charge < -0.3 is 10.1 Å². The molecule has 0 aliphatic rings. The predicted molar refractivity (Wildman–Crippen MR) is 95.1 cm³/mol. The highest BCUT2D eigenvalue weighted by Gasteiger charge is 2.13. The summed E-state index contributed by atoms with van der Waals surface area (Å²) in [5.74, 6) is -1.09. The summed E-state index contributed by atoms with van der Waals surface area (Å²) in [6, 6.07) is 9.35. The zero-order valence-electron chi connectivity index (χ0n) is 12.1. The van der Waals surface area contributed by atoms with Gasteiger partial charge in [0.2, 0.25) is 0 Å². The molecule has 0 atom stereocenters. The van der Waals surface area contributed by atoms with Gasteiger partial charge >= 0.3 is 5.97 Å². The Morgan fingerprint density at radius 2 is 1.67 bits per heavy atom. The van der Waals surface area contributed by atoms with E-state index in [2.05, 4.69) is 5.32 Å². The average molecular weight is 407 g/mol. The lowest BCUT2D eigenvalue weighted by Gasteiger charge is -2.08. The van der Waals surface area contributed by atoms with Crippen molar-refractivity contribution in [3.05, 3.63) is 67.6 Å². The van der Waals surface area contributed by atoms with Gasteiger partial charge in [0, 0.05) is 5.02 Å². The average Bonchev–Trinajstić information content (AvgIpc) is 2.53. The van der Waals surface area contributed by atoms with Crippen molar-refractivity contribution >= 4 is 58.3 Å². The minimum absolute atomic E-state index is 0.0211. The molecule has 0 aromatic heterocycles. The van der Waals surface area contributed by atoms with Crippen LogP contribution < -0.4 is 5.32 Å². The van der Waals surface area contributed by atoms with Crippen LogP contribution in [-0.2, 0) is 16.1 Å². The zero-order chi connectivity index (χ0) is 17.7. The third kappa shape index (κ3) is 5.28. The molecule has 0 aliphatic carbocycles. The standard InChI is InChI=1S/C16H11Cl4NO3/c17-10-2-3-11(13(19)6-10)16(23)21-7-15(22)24-8-9-1-4-12(18)14(20)5-9/h1-6H,7-8H2,(H,21,23). The Hall–Kier alpha value is -1.46. The van der Waals surface area contributed by atoms with Crippen LogP contribution in [0.4, 0.5) is 0 Å².